The van der Waals surface area contributed by atoms with E-state index in [9.17, 15) is 13.2 Å². The van der Waals surface area contributed by atoms with Crippen LogP contribution in [-0.2, 0) is 14.8 Å². The summed E-state index contributed by atoms with van der Waals surface area (Å²) in [5.74, 6) is -0.607. The lowest BCUT2D eigenvalue weighted by Gasteiger charge is -2.10. The fourth-order valence-corrected chi connectivity index (χ4v) is 3.02. The van der Waals surface area contributed by atoms with Gasteiger partial charge in [0.15, 0.2) is 0 Å². The average Bonchev–Trinajstić information content (AvgIpc) is 2.49. The van der Waals surface area contributed by atoms with Crippen molar-refractivity contribution in [1.29, 1.82) is 0 Å². The second-order valence-corrected chi connectivity index (χ2v) is 6.19. The molecule has 0 fully saturated rings. The van der Waals surface area contributed by atoms with E-state index >= 15 is 0 Å². The minimum absolute atomic E-state index is 0.0506. The highest BCUT2D eigenvalue weighted by molar-refractivity contribution is 7.92. The number of nitrogens with one attached hydrogen (secondary N) is 1. The maximum atomic E-state index is 12.3. The Bertz CT molecular complexity index is 774. The third kappa shape index (κ3) is 3.53. The summed E-state index contributed by atoms with van der Waals surface area (Å²) in [6, 6.07) is 12.0. The number of hydrogen-bond donors (Lipinski definition) is 1. The summed E-state index contributed by atoms with van der Waals surface area (Å²) >= 11 is 5.92. The Hall–Kier alpha value is -2.05. The van der Waals surface area contributed by atoms with Crippen molar-refractivity contribution < 1.29 is 17.9 Å². The van der Waals surface area contributed by atoms with Gasteiger partial charge in [0.05, 0.1) is 28.3 Å². The van der Waals surface area contributed by atoms with Crippen molar-refractivity contribution in [3.8, 4) is 0 Å². The molecule has 0 radical (unpaired) electrons. The van der Waals surface area contributed by atoms with Gasteiger partial charge < -0.3 is 4.74 Å². The molecule has 110 valence electrons. The number of esters is 1. The highest BCUT2D eigenvalue weighted by atomic mass is 35.5. The summed E-state index contributed by atoms with van der Waals surface area (Å²) in [5.41, 5.74) is 0.419. The smallest absolute Gasteiger partial charge is 0.337 e. The minimum atomic E-state index is -3.84. The van der Waals surface area contributed by atoms with Crippen LogP contribution in [0.5, 0.6) is 0 Å². The molecule has 5 nitrogen and oxygen atoms in total. The van der Waals surface area contributed by atoms with Crippen LogP contribution in [0.3, 0.4) is 0 Å². The molecule has 0 saturated carbocycles. The number of anilines is 1. The first-order valence-corrected chi connectivity index (χ1v) is 7.76. The second-order valence-electron chi connectivity index (χ2n) is 4.10. The van der Waals surface area contributed by atoms with Crippen molar-refractivity contribution in [3.63, 3.8) is 0 Å². The summed E-state index contributed by atoms with van der Waals surface area (Å²) < 4.78 is 31.5. The van der Waals surface area contributed by atoms with Gasteiger partial charge in [0, 0.05) is 0 Å². The lowest BCUT2D eigenvalue weighted by atomic mass is 10.2. The highest BCUT2D eigenvalue weighted by Crippen LogP contribution is 2.24. The van der Waals surface area contributed by atoms with Crippen LogP contribution in [0.2, 0.25) is 5.02 Å². The molecule has 1 N–H and O–H groups in total. The number of halogens is 1. The van der Waals surface area contributed by atoms with Crippen molar-refractivity contribution in [2.75, 3.05) is 11.8 Å². The molecule has 0 aliphatic heterocycles. The predicted octanol–water partition coefficient (Wildman–Crippen LogP) is 2.93. The fourth-order valence-electron chi connectivity index (χ4n) is 1.66. The lowest BCUT2D eigenvalue weighted by Crippen LogP contribution is -2.14. The minimum Gasteiger partial charge on any atom is -0.465 e. The molecule has 2 aromatic rings. The molecule has 0 spiro atoms. The first-order valence-electron chi connectivity index (χ1n) is 5.90. The molecular formula is C14H12ClNO4S. The van der Waals surface area contributed by atoms with Crippen LogP contribution in [0.25, 0.3) is 0 Å². The number of rotatable bonds is 4. The molecule has 0 aliphatic rings. The van der Waals surface area contributed by atoms with Crippen molar-refractivity contribution in [3.05, 3.63) is 59.1 Å². The summed E-state index contributed by atoms with van der Waals surface area (Å²) in [6.45, 7) is 0. The molecule has 0 bridgehead atoms. The summed E-state index contributed by atoms with van der Waals surface area (Å²) in [5, 5.41) is 0.283. The normalized spacial score (nSPS) is 11.0. The van der Waals surface area contributed by atoms with Gasteiger partial charge in [0.25, 0.3) is 10.0 Å². The van der Waals surface area contributed by atoms with Crippen LogP contribution in [0, 0.1) is 0 Å². The van der Waals surface area contributed by atoms with Gasteiger partial charge in [-0.25, -0.2) is 13.2 Å². The van der Waals surface area contributed by atoms with Crippen LogP contribution < -0.4 is 4.72 Å². The topological polar surface area (TPSA) is 72.5 Å². The zero-order valence-corrected chi connectivity index (χ0v) is 12.6. The van der Waals surface area contributed by atoms with Crippen LogP contribution in [-0.4, -0.2) is 21.5 Å². The van der Waals surface area contributed by atoms with E-state index in [0.29, 0.717) is 0 Å². The molecule has 21 heavy (non-hydrogen) atoms. The van der Waals surface area contributed by atoms with Gasteiger partial charge in [-0.1, -0.05) is 29.8 Å². The Labute approximate surface area is 127 Å². The number of hydrogen-bond acceptors (Lipinski definition) is 4. The first-order chi connectivity index (χ1) is 9.94. The van der Waals surface area contributed by atoms with E-state index in [1.165, 1.54) is 31.4 Å². The van der Waals surface area contributed by atoms with Crippen molar-refractivity contribution in [2.45, 2.75) is 4.90 Å². The standard InChI is InChI=1S/C14H12ClNO4S/c1-20-14(17)10-5-4-6-11(9-10)21(18,19)16-13-8-3-2-7-12(13)15/h2-9,16H,1H3. The van der Waals surface area contributed by atoms with Crippen LogP contribution >= 0.6 is 11.6 Å². The van der Waals surface area contributed by atoms with Crippen LogP contribution in [0.1, 0.15) is 10.4 Å². The van der Waals surface area contributed by atoms with E-state index in [1.54, 1.807) is 24.3 Å². The zero-order valence-electron chi connectivity index (χ0n) is 11.0. The van der Waals surface area contributed by atoms with Crippen molar-refractivity contribution >= 4 is 33.3 Å². The monoisotopic (exact) mass is 325 g/mol. The number of ether oxygens (including phenoxy) is 1. The summed E-state index contributed by atoms with van der Waals surface area (Å²) in [4.78, 5) is 11.4. The van der Waals surface area contributed by atoms with Gasteiger partial charge in [-0.15, -0.1) is 0 Å². The molecule has 0 amide bonds. The number of sulfonamides is 1. The van der Waals surface area contributed by atoms with Gasteiger partial charge in [-0.05, 0) is 30.3 Å². The largest absolute Gasteiger partial charge is 0.465 e. The first kappa shape index (κ1) is 15.3. The average molecular weight is 326 g/mol. The molecule has 2 aromatic carbocycles. The number of methoxy groups -OCH3 is 1. The molecule has 2 rings (SSSR count). The molecule has 0 atom stereocenters. The number of benzene rings is 2. The molecular weight excluding hydrogens is 314 g/mol. The Balaban J connectivity index is 2.36. The van der Waals surface area contributed by atoms with Crippen molar-refractivity contribution in [2.24, 2.45) is 0 Å². The Kier molecular flexibility index (Phi) is 4.50. The van der Waals surface area contributed by atoms with E-state index in [-0.39, 0.29) is 21.2 Å². The number of para-hydroxylation sites is 1. The van der Waals surface area contributed by atoms with Gasteiger partial charge in [-0.3, -0.25) is 4.72 Å². The lowest BCUT2D eigenvalue weighted by molar-refractivity contribution is 0.0600. The predicted molar refractivity (Wildman–Crippen MR) is 80.0 cm³/mol. The van der Waals surface area contributed by atoms with Gasteiger partial charge in [-0.2, -0.15) is 0 Å². The molecule has 0 aliphatic carbocycles. The molecule has 0 unspecified atom stereocenters. The highest BCUT2D eigenvalue weighted by Gasteiger charge is 2.17. The van der Waals surface area contributed by atoms with E-state index < -0.39 is 16.0 Å². The Morgan fingerprint density at radius 1 is 1.14 bits per heavy atom. The quantitative estimate of drug-likeness (QED) is 0.877. The van der Waals surface area contributed by atoms with Crippen molar-refractivity contribution in [1.82, 2.24) is 0 Å². The van der Waals surface area contributed by atoms with E-state index in [1.807, 2.05) is 0 Å². The van der Waals surface area contributed by atoms with Gasteiger partial charge >= 0.3 is 5.97 Å². The Morgan fingerprint density at radius 3 is 2.52 bits per heavy atom. The van der Waals surface area contributed by atoms with E-state index in [4.69, 9.17) is 11.6 Å². The SMILES string of the molecule is COC(=O)c1cccc(S(=O)(=O)Nc2ccccc2Cl)c1. The summed E-state index contributed by atoms with van der Waals surface area (Å²) in [6.07, 6.45) is 0. The fraction of sp³-hybridized carbons (Fsp3) is 0.0714. The van der Waals surface area contributed by atoms with Gasteiger partial charge in [0.1, 0.15) is 0 Å². The molecule has 0 saturated heterocycles. The summed E-state index contributed by atoms with van der Waals surface area (Å²) in [7, 11) is -2.61. The number of carbonyl (C=O) groups is 1. The van der Waals surface area contributed by atoms with E-state index in [2.05, 4.69) is 9.46 Å². The third-order valence-corrected chi connectivity index (χ3v) is 4.38. The molecule has 0 aromatic heterocycles. The van der Waals surface area contributed by atoms with Gasteiger partial charge in [0.2, 0.25) is 0 Å². The maximum Gasteiger partial charge on any atom is 0.337 e. The maximum absolute atomic E-state index is 12.3. The third-order valence-electron chi connectivity index (χ3n) is 2.68. The molecule has 7 heteroatoms. The number of carbonyl (C=O) groups excluding carboxylic acids is 1. The second kappa shape index (κ2) is 6.15. The zero-order chi connectivity index (χ0) is 15.5. The van der Waals surface area contributed by atoms with E-state index in [0.717, 1.165) is 0 Å². The Morgan fingerprint density at radius 2 is 1.86 bits per heavy atom. The molecule has 0 heterocycles. The van der Waals surface area contributed by atoms with Crippen LogP contribution in [0.15, 0.2) is 53.4 Å². The van der Waals surface area contributed by atoms with Crippen LogP contribution in [0.4, 0.5) is 5.69 Å².